The summed E-state index contributed by atoms with van der Waals surface area (Å²) in [5, 5.41) is 12.7. The van der Waals surface area contributed by atoms with Gasteiger partial charge in [0.2, 0.25) is 0 Å². The molecule has 3 aromatic rings. The molecule has 0 atom stereocenters. The summed E-state index contributed by atoms with van der Waals surface area (Å²) in [5.74, 6) is -1.23. The third-order valence-corrected chi connectivity index (χ3v) is 4.31. The van der Waals surface area contributed by atoms with Gasteiger partial charge in [-0.2, -0.15) is 26.3 Å². The van der Waals surface area contributed by atoms with E-state index in [9.17, 15) is 36.2 Å². The topological polar surface area (TPSA) is 65.1 Å². The number of alkyl halides is 6. The third kappa shape index (κ3) is 4.53. The maximum Gasteiger partial charge on any atom is 0.416 e. The molecule has 4 nitrogen and oxygen atoms in total. The van der Waals surface area contributed by atoms with Gasteiger partial charge in [-0.1, -0.05) is 18.2 Å². The smallest absolute Gasteiger partial charge is 0.416 e. The second kappa shape index (κ2) is 7.43. The molecule has 0 spiro atoms. The molecular weight excluding hydrogens is 402 g/mol. The molecule has 154 valence electrons. The second-order valence-corrected chi connectivity index (χ2v) is 6.35. The minimum atomic E-state index is -4.93. The molecule has 0 saturated carbocycles. The van der Waals surface area contributed by atoms with Crippen LogP contribution in [0.2, 0.25) is 0 Å². The summed E-state index contributed by atoms with van der Waals surface area (Å²) < 4.78 is 77.6. The zero-order valence-corrected chi connectivity index (χ0v) is 14.6. The number of carbonyl (C=O) groups is 1. The van der Waals surface area contributed by atoms with Crippen molar-refractivity contribution in [1.82, 2.24) is 10.3 Å². The van der Waals surface area contributed by atoms with Crippen LogP contribution >= 0.6 is 0 Å². The summed E-state index contributed by atoms with van der Waals surface area (Å²) in [7, 11) is 0. The Bertz CT molecular complexity index is 1020. The largest absolute Gasteiger partial charge is 0.477 e. The van der Waals surface area contributed by atoms with Gasteiger partial charge in [0.15, 0.2) is 0 Å². The van der Waals surface area contributed by atoms with Crippen molar-refractivity contribution in [3.05, 3.63) is 70.4 Å². The van der Waals surface area contributed by atoms with Gasteiger partial charge in [0.1, 0.15) is 5.69 Å². The number of para-hydroxylation sites is 1. The molecule has 0 bridgehead atoms. The molecular formula is C19H14F6N2O2. The van der Waals surface area contributed by atoms with Crippen LogP contribution in [-0.2, 0) is 25.4 Å². The summed E-state index contributed by atoms with van der Waals surface area (Å²) in [5.41, 5.74) is -2.20. The highest BCUT2D eigenvalue weighted by molar-refractivity contribution is 5.97. The van der Waals surface area contributed by atoms with E-state index in [-0.39, 0.29) is 30.4 Å². The first-order valence-corrected chi connectivity index (χ1v) is 8.29. The van der Waals surface area contributed by atoms with Gasteiger partial charge in [-0.05, 0) is 29.8 Å². The fraction of sp³-hybridized carbons (Fsp3) is 0.211. The Morgan fingerprint density at radius 1 is 0.931 bits per heavy atom. The molecule has 2 aromatic carbocycles. The number of hydrogen-bond donors (Lipinski definition) is 3. The lowest BCUT2D eigenvalue weighted by Gasteiger charge is -2.14. The number of carboxylic acids is 1. The SMILES string of the molecule is O=C(O)c1[nH]c2ccccc2c1CNCc1cc(C(F)(F)F)cc(C(F)(F)F)c1. The fourth-order valence-electron chi connectivity index (χ4n) is 3.02. The molecule has 0 aliphatic carbocycles. The molecule has 0 radical (unpaired) electrons. The Morgan fingerprint density at radius 3 is 2.07 bits per heavy atom. The first-order valence-electron chi connectivity index (χ1n) is 8.29. The molecule has 1 heterocycles. The van der Waals surface area contributed by atoms with Crippen molar-refractivity contribution in [2.45, 2.75) is 25.4 Å². The van der Waals surface area contributed by atoms with E-state index in [2.05, 4.69) is 10.3 Å². The normalized spacial score (nSPS) is 12.5. The monoisotopic (exact) mass is 416 g/mol. The highest BCUT2D eigenvalue weighted by Crippen LogP contribution is 2.36. The predicted octanol–water partition coefficient (Wildman–Crippen LogP) is 5.19. The lowest BCUT2D eigenvalue weighted by molar-refractivity contribution is -0.143. The first kappa shape index (κ1) is 20.7. The lowest BCUT2D eigenvalue weighted by atomic mass is 10.0. The standard InChI is InChI=1S/C19H14F6N2O2/c20-18(21,22)11-5-10(6-12(7-11)19(23,24)25)8-26-9-14-13-3-1-2-4-15(13)27-16(14)17(28)29/h1-7,26-27H,8-9H2,(H,28,29). The fourth-order valence-corrected chi connectivity index (χ4v) is 3.02. The number of carboxylic acid groups (broad SMARTS) is 1. The molecule has 29 heavy (non-hydrogen) atoms. The molecule has 0 aliphatic rings. The van der Waals surface area contributed by atoms with Crippen LogP contribution in [-0.4, -0.2) is 16.1 Å². The summed E-state index contributed by atoms with van der Waals surface area (Å²) in [6, 6.07) is 8.04. The zero-order valence-electron chi connectivity index (χ0n) is 14.6. The summed E-state index contributed by atoms with van der Waals surface area (Å²) in [4.78, 5) is 14.2. The number of hydrogen-bond acceptors (Lipinski definition) is 2. The maximum atomic E-state index is 12.9. The molecule has 10 heteroatoms. The van der Waals surface area contributed by atoms with Gasteiger partial charge in [-0.3, -0.25) is 0 Å². The van der Waals surface area contributed by atoms with E-state index < -0.39 is 29.4 Å². The Hall–Kier alpha value is -3.01. The van der Waals surface area contributed by atoms with Crippen molar-refractivity contribution >= 4 is 16.9 Å². The summed E-state index contributed by atoms with van der Waals surface area (Å²) >= 11 is 0. The predicted molar refractivity (Wildman–Crippen MR) is 92.2 cm³/mol. The van der Waals surface area contributed by atoms with Crippen LogP contribution in [0.1, 0.15) is 32.7 Å². The summed E-state index contributed by atoms with van der Waals surface area (Å²) in [6.45, 7) is -0.380. The number of benzene rings is 2. The van der Waals surface area contributed by atoms with Gasteiger partial charge in [-0.25, -0.2) is 4.79 Å². The minimum Gasteiger partial charge on any atom is -0.477 e. The molecule has 0 amide bonds. The van der Waals surface area contributed by atoms with E-state index in [1.165, 1.54) is 0 Å². The number of fused-ring (bicyclic) bond motifs is 1. The second-order valence-electron chi connectivity index (χ2n) is 6.35. The Balaban J connectivity index is 1.87. The molecule has 0 aliphatic heterocycles. The van der Waals surface area contributed by atoms with Crippen molar-refractivity contribution < 1.29 is 36.2 Å². The molecule has 3 N–H and O–H groups in total. The number of H-pyrrole nitrogens is 1. The van der Waals surface area contributed by atoms with E-state index in [4.69, 9.17) is 0 Å². The summed E-state index contributed by atoms with van der Waals surface area (Å²) in [6.07, 6.45) is -9.85. The van der Waals surface area contributed by atoms with Crippen LogP contribution in [0.3, 0.4) is 0 Å². The number of aromatic carboxylic acids is 1. The van der Waals surface area contributed by atoms with E-state index in [0.717, 1.165) is 0 Å². The van der Waals surface area contributed by atoms with Gasteiger partial charge in [0.05, 0.1) is 11.1 Å². The van der Waals surface area contributed by atoms with E-state index in [1.807, 2.05) is 0 Å². The van der Waals surface area contributed by atoms with Gasteiger partial charge >= 0.3 is 18.3 Å². The van der Waals surface area contributed by atoms with Crippen LogP contribution in [0, 0.1) is 0 Å². The number of aromatic nitrogens is 1. The van der Waals surface area contributed by atoms with Crippen molar-refractivity contribution in [1.29, 1.82) is 0 Å². The van der Waals surface area contributed by atoms with E-state index in [0.29, 0.717) is 28.6 Å². The number of aromatic amines is 1. The van der Waals surface area contributed by atoms with Crippen LogP contribution in [0.4, 0.5) is 26.3 Å². The molecule has 0 unspecified atom stereocenters. The number of halogens is 6. The van der Waals surface area contributed by atoms with Gasteiger partial charge in [0, 0.05) is 29.6 Å². The van der Waals surface area contributed by atoms with Crippen molar-refractivity contribution in [2.24, 2.45) is 0 Å². The van der Waals surface area contributed by atoms with Crippen molar-refractivity contribution in [2.75, 3.05) is 0 Å². The first-order chi connectivity index (χ1) is 13.5. The van der Waals surface area contributed by atoms with Gasteiger partial charge < -0.3 is 15.4 Å². The van der Waals surface area contributed by atoms with E-state index in [1.54, 1.807) is 24.3 Å². The van der Waals surface area contributed by atoms with Crippen molar-refractivity contribution in [3.8, 4) is 0 Å². The van der Waals surface area contributed by atoms with Crippen LogP contribution < -0.4 is 5.32 Å². The van der Waals surface area contributed by atoms with Crippen LogP contribution in [0.25, 0.3) is 10.9 Å². The number of rotatable bonds is 5. The Morgan fingerprint density at radius 2 is 1.52 bits per heavy atom. The lowest BCUT2D eigenvalue weighted by Crippen LogP contribution is -2.17. The molecule has 3 rings (SSSR count). The maximum absolute atomic E-state index is 12.9. The van der Waals surface area contributed by atoms with Crippen molar-refractivity contribution in [3.63, 3.8) is 0 Å². The average Bonchev–Trinajstić information content (AvgIpc) is 2.99. The molecule has 0 fully saturated rings. The zero-order chi connectivity index (χ0) is 21.4. The van der Waals surface area contributed by atoms with Gasteiger partial charge in [0.25, 0.3) is 0 Å². The van der Waals surface area contributed by atoms with E-state index >= 15 is 0 Å². The molecule has 1 aromatic heterocycles. The Kier molecular flexibility index (Phi) is 5.31. The highest BCUT2D eigenvalue weighted by atomic mass is 19.4. The Labute approximate surface area is 160 Å². The van der Waals surface area contributed by atoms with Crippen LogP contribution in [0.15, 0.2) is 42.5 Å². The van der Waals surface area contributed by atoms with Crippen LogP contribution in [0.5, 0.6) is 0 Å². The van der Waals surface area contributed by atoms with Gasteiger partial charge in [-0.15, -0.1) is 0 Å². The third-order valence-electron chi connectivity index (χ3n) is 4.31. The molecule has 0 saturated heterocycles. The highest BCUT2D eigenvalue weighted by Gasteiger charge is 2.36. The average molecular weight is 416 g/mol. The quantitative estimate of drug-likeness (QED) is 0.502. The number of nitrogens with one attached hydrogen (secondary N) is 2. The minimum absolute atomic E-state index is 0.0612.